The molecule has 312 valence electrons. The molecule has 18 heteroatoms. The molecule has 0 amide bonds. The van der Waals surface area contributed by atoms with Crippen molar-refractivity contribution in [1.29, 1.82) is 0 Å². The Morgan fingerprint density at radius 3 is 0.759 bits per heavy atom. The van der Waals surface area contributed by atoms with Crippen molar-refractivity contribution in [1.82, 2.24) is 0 Å². The van der Waals surface area contributed by atoms with E-state index in [9.17, 15) is 28.8 Å². The molecule has 0 saturated carbocycles. The third-order valence-corrected chi connectivity index (χ3v) is 7.83. The summed E-state index contributed by atoms with van der Waals surface area (Å²) >= 11 is 0. The van der Waals surface area contributed by atoms with E-state index in [4.69, 9.17) is 58.0 Å². The van der Waals surface area contributed by atoms with Crippen molar-refractivity contribution in [2.45, 2.75) is 154 Å². The normalized spacial score (nSPS) is 17.9. The molecule has 3 rings (SSSR count). The highest BCUT2D eigenvalue weighted by Crippen LogP contribution is 2.32. The third-order valence-electron chi connectivity index (χ3n) is 7.83. The number of carbonyl (C=O) groups excluding carboxylic acids is 3. The van der Waals surface area contributed by atoms with Crippen LogP contribution in [0.2, 0.25) is 0 Å². The van der Waals surface area contributed by atoms with Gasteiger partial charge in [0.2, 0.25) is 0 Å². The van der Waals surface area contributed by atoms with Crippen LogP contribution < -0.4 is 0 Å². The molecule has 0 aromatic rings. The molecule has 3 saturated heterocycles. The molecular weight excluding hydrogens is 720 g/mol. The van der Waals surface area contributed by atoms with Gasteiger partial charge in [-0.3, -0.25) is 28.8 Å². The number of rotatable bonds is 21. The average Bonchev–Trinajstić information content (AvgIpc) is 3.86. The van der Waals surface area contributed by atoms with E-state index < -0.39 is 35.3 Å². The minimum atomic E-state index is -1.00. The fourth-order valence-corrected chi connectivity index (χ4v) is 5.47. The lowest BCUT2D eigenvalue weighted by atomic mass is 10.0. The summed E-state index contributed by atoms with van der Waals surface area (Å²) in [5, 5.41) is 25.8. The van der Waals surface area contributed by atoms with E-state index in [0.29, 0.717) is 58.9 Å². The maximum Gasteiger partial charge on any atom is 0.306 e. The standard InChI is InChI=1S/C15H26O6.C12H20O6.C9H14O6/c1-11(2)20-13(16)5-7-15(18-9-10-19-15)8-6-14(17)21-12(3)4;1-9(2)18-11(15)4-6-12(5-3-10(13)14)16-7-8-17-12;10-7(11)1-3-9(4-2-8(12)13)14-5-6-15-9/h11-12H,5-10H2,1-4H3;9H,3-8H2,1-2H3,(H,13,14);1-6H2,(H,10,11)(H,12,13). The number of carboxylic acid groups (broad SMARTS) is 3. The second kappa shape index (κ2) is 24.9. The van der Waals surface area contributed by atoms with Crippen molar-refractivity contribution in [3.8, 4) is 0 Å². The van der Waals surface area contributed by atoms with Gasteiger partial charge in [-0.25, -0.2) is 0 Å². The Hall–Kier alpha value is -3.42. The quantitative estimate of drug-likeness (QED) is 0.110. The first-order valence-electron chi connectivity index (χ1n) is 18.4. The highest BCUT2D eigenvalue weighted by atomic mass is 16.7. The Bertz CT molecular complexity index is 1120. The van der Waals surface area contributed by atoms with E-state index in [0.717, 1.165) is 0 Å². The zero-order valence-corrected chi connectivity index (χ0v) is 32.4. The first-order chi connectivity index (χ1) is 25.3. The summed E-state index contributed by atoms with van der Waals surface area (Å²) in [6, 6.07) is 0. The minimum absolute atomic E-state index is 0.0424. The molecule has 0 bridgehead atoms. The fourth-order valence-electron chi connectivity index (χ4n) is 5.47. The first-order valence-corrected chi connectivity index (χ1v) is 18.4. The van der Waals surface area contributed by atoms with Gasteiger partial charge in [0, 0.05) is 38.5 Å². The van der Waals surface area contributed by atoms with Gasteiger partial charge >= 0.3 is 35.8 Å². The van der Waals surface area contributed by atoms with E-state index in [2.05, 4.69) is 0 Å². The van der Waals surface area contributed by atoms with Gasteiger partial charge in [0.25, 0.3) is 0 Å². The van der Waals surface area contributed by atoms with Crippen molar-refractivity contribution in [3.63, 3.8) is 0 Å². The number of aliphatic carboxylic acids is 3. The number of carbonyl (C=O) groups is 6. The second-order valence-electron chi connectivity index (χ2n) is 13.6. The lowest BCUT2D eigenvalue weighted by Gasteiger charge is -2.27. The molecule has 3 aliphatic rings. The van der Waals surface area contributed by atoms with E-state index >= 15 is 0 Å². The lowest BCUT2D eigenvalue weighted by Crippen LogP contribution is -2.32. The number of esters is 3. The maximum atomic E-state index is 11.6. The molecular formula is C36H60O18. The molecule has 0 atom stereocenters. The van der Waals surface area contributed by atoms with Crippen LogP contribution in [0.15, 0.2) is 0 Å². The van der Waals surface area contributed by atoms with E-state index in [1.165, 1.54) is 0 Å². The van der Waals surface area contributed by atoms with Gasteiger partial charge in [-0.2, -0.15) is 0 Å². The van der Waals surface area contributed by atoms with Crippen LogP contribution in [-0.4, -0.2) is 126 Å². The summed E-state index contributed by atoms with van der Waals surface area (Å²) in [5.74, 6) is -6.48. The fraction of sp³-hybridized carbons (Fsp3) is 0.833. The van der Waals surface area contributed by atoms with Crippen LogP contribution in [0.3, 0.4) is 0 Å². The zero-order valence-electron chi connectivity index (χ0n) is 32.4. The number of hydrogen-bond donors (Lipinski definition) is 3. The molecule has 3 fully saturated rings. The molecule has 3 N–H and O–H groups in total. The van der Waals surface area contributed by atoms with Gasteiger partial charge < -0.3 is 58.0 Å². The Balaban J connectivity index is 0.000000411. The molecule has 0 aromatic carbocycles. The Labute approximate surface area is 316 Å². The average molecular weight is 781 g/mol. The second-order valence-corrected chi connectivity index (χ2v) is 13.6. The molecule has 0 unspecified atom stereocenters. The van der Waals surface area contributed by atoms with E-state index in [1.54, 1.807) is 41.5 Å². The molecule has 0 aromatic heterocycles. The largest absolute Gasteiger partial charge is 0.481 e. The summed E-state index contributed by atoms with van der Waals surface area (Å²) < 4.78 is 47.9. The summed E-state index contributed by atoms with van der Waals surface area (Å²) in [5.41, 5.74) is 0. The van der Waals surface area contributed by atoms with Crippen LogP contribution >= 0.6 is 0 Å². The molecule has 0 radical (unpaired) electrons. The smallest absolute Gasteiger partial charge is 0.306 e. The van der Waals surface area contributed by atoms with Crippen LogP contribution in [0.5, 0.6) is 0 Å². The third kappa shape index (κ3) is 21.5. The predicted octanol–water partition coefficient (Wildman–Crippen LogP) is 3.98. The van der Waals surface area contributed by atoms with Gasteiger partial charge in [-0.05, 0) is 41.5 Å². The number of carboxylic acids is 3. The number of ether oxygens (including phenoxy) is 9. The van der Waals surface area contributed by atoms with Crippen molar-refractivity contribution in [2.24, 2.45) is 0 Å². The SMILES string of the molecule is CC(C)OC(=O)CCC1(CCC(=O)O)OCCO1.CC(C)OC(=O)CCC1(CCC(=O)OC(C)C)OCCO1.O=C(O)CCC1(CCC(=O)O)OCCO1. The Morgan fingerprint density at radius 1 is 0.407 bits per heavy atom. The Kier molecular flexibility index (Phi) is 22.4. The van der Waals surface area contributed by atoms with Gasteiger partial charge in [0.05, 0.1) is 96.5 Å². The highest BCUT2D eigenvalue weighted by Gasteiger charge is 2.39. The van der Waals surface area contributed by atoms with Gasteiger partial charge in [-0.15, -0.1) is 0 Å². The van der Waals surface area contributed by atoms with Crippen LogP contribution in [0.4, 0.5) is 0 Å². The molecule has 3 heterocycles. The van der Waals surface area contributed by atoms with Crippen LogP contribution in [0, 0.1) is 0 Å². The lowest BCUT2D eigenvalue weighted by molar-refractivity contribution is -0.180. The molecule has 3 aliphatic heterocycles. The molecule has 18 nitrogen and oxygen atoms in total. The molecule has 54 heavy (non-hydrogen) atoms. The minimum Gasteiger partial charge on any atom is -0.481 e. The highest BCUT2D eigenvalue weighted by molar-refractivity contribution is 5.71. The van der Waals surface area contributed by atoms with Crippen LogP contribution in [0.1, 0.15) is 119 Å². The maximum absolute atomic E-state index is 11.6. The van der Waals surface area contributed by atoms with E-state index in [-0.39, 0.29) is 94.0 Å². The van der Waals surface area contributed by atoms with E-state index in [1.807, 2.05) is 0 Å². The first kappa shape index (κ1) is 48.6. The summed E-state index contributed by atoms with van der Waals surface area (Å²) in [7, 11) is 0. The van der Waals surface area contributed by atoms with Crippen molar-refractivity contribution >= 4 is 35.8 Å². The summed E-state index contributed by atoms with van der Waals surface area (Å²) in [4.78, 5) is 66.1. The number of hydrogen-bond acceptors (Lipinski definition) is 15. The predicted molar refractivity (Wildman–Crippen MR) is 186 cm³/mol. The topological polar surface area (TPSA) is 246 Å². The van der Waals surface area contributed by atoms with Crippen LogP contribution in [0.25, 0.3) is 0 Å². The Morgan fingerprint density at radius 2 is 0.593 bits per heavy atom. The summed E-state index contributed by atoms with van der Waals surface area (Å²) in [6.07, 6.45) is 1.65. The monoisotopic (exact) mass is 780 g/mol. The zero-order chi connectivity index (χ0) is 40.8. The van der Waals surface area contributed by atoms with Gasteiger partial charge in [-0.1, -0.05) is 0 Å². The van der Waals surface area contributed by atoms with Crippen LogP contribution in [-0.2, 0) is 71.4 Å². The molecule has 0 spiro atoms. The van der Waals surface area contributed by atoms with Crippen molar-refractivity contribution < 1.29 is 86.7 Å². The van der Waals surface area contributed by atoms with Crippen molar-refractivity contribution in [3.05, 3.63) is 0 Å². The van der Waals surface area contributed by atoms with Crippen molar-refractivity contribution in [2.75, 3.05) is 39.6 Å². The molecule has 0 aliphatic carbocycles. The van der Waals surface area contributed by atoms with Gasteiger partial charge in [0.1, 0.15) is 0 Å². The summed E-state index contributed by atoms with van der Waals surface area (Å²) in [6.45, 7) is 13.3. The van der Waals surface area contributed by atoms with Gasteiger partial charge in [0.15, 0.2) is 17.4 Å².